The molecule has 0 fully saturated rings. The average molecular weight is 256 g/mol. The molecular weight excluding hydrogens is 235 g/mol. The van der Waals surface area contributed by atoms with Gasteiger partial charge in [0.2, 0.25) is 0 Å². The maximum atomic E-state index is 13.0. The summed E-state index contributed by atoms with van der Waals surface area (Å²) in [7, 11) is 2.09. The quantitative estimate of drug-likeness (QED) is 0.813. The van der Waals surface area contributed by atoms with E-state index >= 15 is 0 Å². The van der Waals surface area contributed by atoms with Crippen molar-refractivity contribution in [2.45, 2.75) is 12.5 Å². The Hall–Kier alpha value is -0.580. The van der Waals surface area contributed by atoms with Crippen LogP contribution >= 0.6 is 11.8 Å². The fraction of sp³-hybridized carbons (Fsp3) is 0.538. The Balaban J connectivity index is 2.36. The van der Waals surface area contributed by atoms with Gasteiger partial charge in [0.1, 0.15) is 5.82 Å². The molecule has 1 atom stereocenters. The molecule has 0 radical (unpaired) electrons. The molecule has 0 aromatic heterocycles. The van der Waals surface area contributed by atoms with Gasteiger partial charge in [-0.1, -0.05) is 12.1 Å². The van der Waals surface area contributed by atoms with Gasteiger partial charge in [0, 0.05) is 18.3 Å². The summed E-state index contributed by atoms with van der Waals surface area (Å²) in [5.41, 5.74) is 6.92. The summed E-state index contributed by atoms with van der Waals surface area (Å²) in [6.45, 7) is 2.01. The monoisotopic (exact) mass is 256 g/mol. The van der Waals surface area contributed by atoms with Gasteiger partial charge in [0.25, 0.3) is 0 Å². The van der Waals surface area contributed by atoms with Crippen LogP contribution in [-0.4, -0.2) is 37.0 Å². The number of hydrogen-bond acceptors (Lipinski definition) is 3. The van der Waals surface area contributed by atoms with Crippen molar-refractivity contribution in [3.05, 3.63) is 35.6 Å². The van der Waals surface area contributed by atoms with E-state index in [9.17, 15) is 4.39 Å². The predicted molar refractivity (Wildman–Crippen MR) is 73.8 cm³/mol. The molecule has 0 amide bonds. The van der Waals surface area contributed by atoms with Crippen molar-refractivity contribution in [3.63, 3.8) is 0 Å². The average Bonchev–Trinajstić information content (AvgIpc) is 2.33. The zero-order chi connectivity index (χ0) is 12.7. The largest absolute Gasteiger partial charge is 0.324 e. The van der Waals surface area contributed by atoms with Gasteiger partial charge in [-0.25, -0.2) is 4.39 Å². The van der Waals surface area contributed by atoms with Gasteiger partial charge in [0.05, 0.1) is 0 Å². The molecule has 1 aromatic carbocycles. The second-order valence-electron chi connectivity index (χ2n) is 4.25. The number of halogens is 1. The molecule has 0 aliphatic heterocycles. The fourth-order valence-corrected chi connectivity index (χ4v) is 2.12. The van der Waals surface area contributed by atoms with E-state index < -0.39 is 0 Å². The standard InChI is InChI=1S/C13H21FN2S/c1-16(8-9-17-2)7-6-13(15)11-4-3-5-12(14)10-11/h3-5,10,13H,6-9,15H2,1-2H3. The topological polar surface area (TPSA) is 29.3 Å². The molecule has 2 N–H and O–H groups in total. The Labute approximate surface area is 107 Å². The predicted octanol–water partition coefficient (Wildman–Crippen LogP) is 2.51. The highest BCUT2D eigenvalue weighted by molar-refractivity contribution is 7.98. The number of nitrogens with zero attached hydrogens (tertiary/aromatic N) is 1. The zero-order valence-electron chi connectivity index (χ0n) is 10.5. The van der Waals surface area contributed by atoms with Gasteiger partial charge in [-0.05, 0) is 44.0 Å². The van der Waals surface area contributed by atoms with Crippen LogP contribution in [0, 0.1) is 5.82 Å². The third kappa shape index (κ3) is 5.52. The first-order valence-electron chi connectivity index (χ1n) is 5.82. The minimum absolute atomic E-state index is 0.0811. The summed E-state index contributed by atoms with van der Waals surface area (Å²) < 4.78 is 13.0. The van der Waals surface area contributed by atoms with Crippen molar-refractivity contribution in [2.24, 2.45) is 5.73 Å². The van der Waals surface area contributed by atoms with E-state index in [2.05, 4.69) is 18.2 Å². The molecular formula is C13H21FN2S. The number of benzene rings is 1. The first-order chi connectivity index (χ1) is 8.13. The maximum absolute atomic E-state index is 13.0. The summed E-state index contributed by atoms with van der Waals surface area (Å²) in [4.78, 5) is 2.26. The molecule has 2 nitrogen and oxygen atoms in total. The molecule has 0 spiro atoms. The molecule has 0 heterocycles. The lowest BCUT2D eigenvalue weighted by Crippen LogP contribution is -2.25. The molecule has 0 aliphatic carbocycles. The molecule has 1 aromatic rings. The highest BCUT2D eigenvalue weighted by atomic mass is 32.2. The molecule has 1 rings (SSSR count). The Kier molecular flexibility index (Phi) is 6.55. The number of hydrogen-bond donors (Lipinski definition) is 1. The van der Waals surface area contributed by atoms with Crippen molar-refractivity contribution in [1.29, 1.82) is 0 Å². The Morgan fingerprint density at radius 3 is 2.82 bits per heavy atom. The van der Waals surface area contributed by atoms with Crippen molar-refractivity contribution >= 4 is 11.8 Å². The highest BCUT2D eigenvalue weighted by Crippen LogP contribution is 2.15. The normalized spacial score (nSPS) is 13.0. The molecule has 0 aliphatic rings. The van der Waals surface area contributed by atoms with Crippen LogP contribution < -0.4 is 5.73 Å². The summed E-state index contributed by atoms with van der Waals surface area (Å²) in [6, 6.07) is 6.48. The lowest BCUT2D eigenvalue weighted by atomic mass is 10.0. The molecule has 0 saturated carbocycles. The summed E-state index contributed by atoms with van der Waals surface area (Å²) in [6.07, 6.45) is 2.96. The van der Waals surface area contributed by atoms with E-state index in [4.69, 9.17) is 5.73 Å². The molecule has 96 valence electrons. The first kappa shape index (κ1) is 14.5. The first-order valence-corrected chi connectivity index (χ1v) is 7.21. The van der Waals surface area contributed by atoms with E-state index in [1.165, 1.54) is 12.1 Å². The Morgan fingerprint density at radius 1 is 1.41 bits per heavy atom. The highest BCUT2D eigenvalue weighted by Gasteiger charge is 2.08. The van der Waals surface area contributed by atoms with Crippen molar-refractivity contribution < 1.29 is 4.39 Å². The number of nitrogens with two attached hydrogens (primary N) is 1. The van der Waals surface area contributed by atoms with Crippen LogP contribution in [0.5, 0.6) is 0 Å². The molecule has 1 unspecified atom stereocenters. The lowest BCUT2D eigenvalue weighted by molar-refractivity contribution is 0.337. The van der Waals surface area contributed by atoms with Crippen molar-refractivity contribution in [3.8, 4) is 0 Å². The van der Waals surface area contributed by atoms with Crippen LogP contribution in [0.1, 0.15) is 18.0 Å². The molecule has 0 bridgehead atoms. The van der Waals surface area contributed by atoms with E-state index in [1.54, 1.807) is 6.07 Å². The number of rotatable bonds is 7. The third-order valence-electron chi connectivity index (χ3n) is 2.78. The van der Waals surface area contributed by atoms with E-state index in [0.717, 1.165) is 30.8 Å². The SMILES string of the molecule is CSCCN(C)CCC(N)c1cccc(F)c1. The molecule has 17 heavy (non-hydrogen) atoms. The van der Waals surface area contributed by atoms with Gasteiger partial charge in [-0.15, -0.1) is 0 Å². The summed E-state index contributed by atoms with van der Waals surface area (Å²) >= 11 is 1.84. The lowest BCUT2D eigenvalue weighted by Gasteiger charge is -2.19. The van der Waals surface area contributed by atoms with Gasteiger partial charge in [-0.3, -0.25) is 0 Å². The Morgan fingerprint density at radius 2 is 2.18 bits per heavy atom. The van der Waals surface area contributed by atoms with Crippen LogP contribution in [0.4, 0.5) is 4.39 Å². The van der Waals surface area contributed by atoms with Crippen LogP contribution in [0.2, 0.25) is 0 Å². The van der Waals surface area contributed by atoms with Crippen LogP contribution in [0.3, 0.4) is 0 Å². The van der Waals surface area contributed by atoms with Crippen molar-refractivity contribution in [2.75, 3.05) is 32.1 Å². The van der Waals surface area contributed by atoms with Gasteiger partial charge >= 0.3 is 0 Å². The van der Waals surface area contributed by atoms with Gasteiger partial charge in [-0.2, -0.15) is 11.8 Å². The van der Waals surface area contributed by atoms with Crippen LogP contribution in [-0.2, 0) is 0 Å². The molecule has 4 heteroatoms. The van der Waals surface area contributed by atoms with E-state index in [1.807, 2.05) is 17.8 Å². The van der Waals surface area contributed by atoms with Crippen LogP contribution in [0.15, 0.2) is 24.3 Å². The minimum atomic E-state index is -0.214. The van der Waals surface area contributed by atoms with E-state index in [-0.39, 0.29) is 11.9 Å². The maximum Gasteiger partial charge on any atom is 0.123 e. The Bertz CT molecular complexity index is 333. The van der Waals surface area contributed by atoms with Gasteiger partial charge in [0.15, 0.2) is 0 Å². The zero-order valence-corrected chi connectivity index (χ0v) is 11.3. The molecule has 0 saturated heterocycles. The third-order valence-corrected chi connectivity index (χ3v) is 3.37. The summed E-state index contributed by atoms with van der Waals surface area (Å²) in [5, 5.41) is 0. The number of thioether (sulfide) groups is 1. The smallest absolute Gasteiger partial charge is 0.123 e. The second-order valence-corrected chi connectivity index (χ2v) is 5.23. The van der Waals surface area contributed by atoms with Crippen molar-refractivity contribution in [1.82, 2.24) is 4.90 Å². The summed E-state index contributed by atoms with van der Waals surface area (Å²) in [5.74, 6) is 0.916. The fourth-order valence-electron chi connectivity index (χ4n) is 1.62. The van der Waals surface area contributed by atoms with E-state index in [0.29, 0.717) is 0 Å². The van der Waals surface area contributed by atoms with Crippen LogP contribution in [0.25, 0.3) is 0 Å². The second kappa shape index (κ2) is 7.69. The van der Waals surface area contributed by atoms with Gasteiger partial charge < -0.3 is 10.6 Å². The minimum Gasteiger partial charge on any atom is -0.324 e.